The fraction of sp³-hybridized carbons (Fsp3) is 0.438. The van der Waals surface area contributed by atoms with Crippen molar-refractivity contribution in [2.45, 2.75) is 27.2 Å². The van der Waals surface area contributed by atoms with Gasteiger partial charge in [0.1, 0.15) is 5.76 Å². The van der Waals surface area contributed by atoms with Gasteiger partial charge in [-0.25, -0.2) is 4.57 Å². The predicted octanol–water partition coefficient (Wildman–Crippen LogP) is 4.94. The molecule has 0 amide bonds. The highest BCUT2D eigenvalue weighted by Crippen LogP contribution is 2.52. The quantitative estimate of drug-likeness (QED) is 0.303. The number of carbonyl (C=O) groups is 1. The average Bonchev–Trinajstić information content (AvgIpc) is 2.53. The van der Waals surface area contributed by atoms with E-state index < -0.39 is 13.8 Å². The van der Waals surface area contributed by atoms with Crippen LogP contribution in [0.3, 0.4) is 0 Å². The second-order valence-corrected chi connectivity index (χ2v) is 6.97. The molecule has 134 valence electrons. The number of phosphoric ester groups is 1. The summed E-state index contributed by atoms with van der Waals surface area (Å²) in [6.07, 6.45) is 1.49. The van der Waals surface area contributed by atoms with Gasteiger partial charge in [0, 0.05) is 10.0 Å². The van der Waals surface area contributed by atoms with E-state index in [1.807, 2.05) is 12.1 Å². The van der Waals surface area contributed by atoms with Crippen molar-refractivity contribution < 1.29 is 27.7 Å². The molecule has 6 nitrogen and oxygen atoms in total. The number of hydrogen-bond donors (Lipinski definition) is 0. The zero-order valence-corrected chi connectivity index (χ0v) is 16.5. The van der Waals surface area contributed by atoms with Crippen molar-refractivity contribution in [1.29, 1.82) is 0 Å². The highest BCUT2D eigenvalue weighted by Gasteiger charge is 2.29. The molecular weight excluding hydrogens is 399 g/mol. The Morgan fingerprint density at radius 3 is 2.17 bits per heavy atom. The van der Waals surface area contributed by atoms with Gasteiger partial charge in [0.25, 0.3) is 0 Å². The lowest BCUT2D eigenvalue weighted by atomic mass is 10.1. The van der Waals surface area contributed by atoms with Crippen molar-refractivity contribution in [1.82, 2.24) is 0 Å². The molecule has 0 N–H and O–H groups in total. The molecule has 1 aromatic rings. The van der Waals surface area contributed by atoms with Crippen LogP contribution in [-0.4, -0.2) is 25.8 Å². The first-order valence-corrected chi connectivity index (χ1v) is 9.89. The standard InChI is InChI=1S/C16H22BrO6P/c1-4-20-16(18)12-11-15(13-7-9-14(17)10-8-13)23-24(19,21-5-2)22-6-3/h7-11H,4-6,12H2,1-3H3/b15-11-. The van der Waals surface area contributed by atoms with Gasteiger partial charge in [-0.15, -0.1) is 0 Å². The third-order valence-electron chi connectivity index (χ3n) is 2.67. The fourth-order valence-corrected chi connectivity index (χ4v) is 3.24. The van der Waals surface area contributed by atoms with Crippen LogP contribution in [0.4, 0.5) is 0 Å². The van der Waals surface area contributed by atoms with Gasteiger partial charge in [-0.3, -0.25) is 13.8 Å². The zero-order chi connectivity index (χ0) is 18.0. The maximum atomic E-state index is 12.6. The van der Waals surface area contributed by atoms with Crippen LogP contribution >= 0.6 is 23.8 Å². The van der Waals surface area contributed by atoms with Gasteiger partial charge in [0.15, 0.2) is 0 Å². The van der Waals surface area contributed by atoms with Crippen LogP contribution in [0.5, 0.6) is 0 Å². The molecule has 8 heteroatoms. The average molecular weight is 421 g/mol. The van der Waals surface area contributed by atoms with E-state index in [1.165, 1.54) is 6.08 Å². The van der Waals surface area contributed by atoms with Crippen molar-refractivity contribution in [2.75, 3.05) is 19.8 Å². The third kappa shape index (κ3) is 7.18. The molecule has 0 heterocycles. The van der Waals surface area contributed by atoms with Crippen molar-refractivity contribution in [3.8, 4) is 0 Å². The molecule has 0 fully saturated rings. The molecule has 0 unspecified atom stereocenters. The molecule has 0 atom stereocenters. The van der Waals surface area contributed by atoms with E-state index in [0.29, 0.717) is 5.56 Å². The van der Waals surface area contributed by atoms with E-state index in [1.54, 1.807) is 32.9 Å². The highest BCUT2D eigenvalue weighted by atomic mass is 79.9. The smallest absolute Gasteiger partial charge is 0.466 e. The first-order chi connectivity index (χ1) is 11.4. The highest BCUT2D eigenvalue weighted by molar-refractivity contribution is 9.10. The van der Waals surface area contributed by atoms with E-state index in [4.69, 9.17) is 18.3 Å². The van der Waals surface area contributed by atoms with Crippen LogP contribution in [0.1, 0.15) is 32.8 Å². The van der Waals surface area contributed by atoms with E-state index in [2.05, 4.69) is 15.9 Å². The number of carbonyl (C=O) groups excluding carboxylic acids is 1. The summed E-state index contributed by atoms with van der Waals surface area (Å²) in [5.41, 5.74) is 0.641. The lowest BCUT2D eigenvalue weighted by Crippen LogP contribution is -2.04. The van der Waals surface area contributed by atoms with Crippen molar-refractivity contribution in [2.24, 2.45) is 0 Å². The summed E-state index contributed by atoms with van der Waals surface area (Å²) >= 11 is 3.35. The summed E-state index contributed by atoms with van der Waals surface area (Å²) in [4.78, 5) is 11.6. The number of hydrogen-bond acceptors (Lipinski definition) is 6. The summed E-state index contributed by atoms with van der Waals surface area (Å²) in [6.45, 7) is 5.74. The molecule has 0 saturated heterocycles. The Morgan fingerprint density at radius 1 is 1.08 bits per heavy atom. The number of rotatable bonds is 10. The monoisotopic (exact) mass is 420 g/mol. The molecule has 0 radical (unpaired) electrons. The van der Waals surface area contributed by atoms with Crippen LogP contribution in [0.2, 0.25) is 0 Å². The second kappa shape index (κ2) is 10.7. The minimum Gasteiger partial charge on any atom is -0.466 e. The summed E-state index contributed by atoms with van der Waals surface area (Å²) in [5, 5.41) is 0. The lowest BCUT2D eigenvalue weighted by Gasteiger charge is -2.19. The number of phosphoric acid groups is 1. The summed E-state index contributed by atoms with van der Waals surface area (Å²) in [7, 11) is -3.76. The zero-order valence-electron chi connectivity index (χ0n) is 14.0. The summed E-state index contributed by atoms with van der Waals surface area (Å²) in [6, 6.07) is 7.15. The van der Waals surface area contributed by atoms with Gasteiger partial charge in [0.05, 0.1) is 26.2 Å². The maximum Gasteiger partial charge on any atom is 0.530 e. The van der Waals surface area contributed by atoms with Gasteiger partial charge in [-0.1, -0.05) is 28.1 Å². The lowest BCUT2D eigenvalue weighted by molar-refractivity contribution is -0.142. The van der Waals surface area contributed by atoms with Crippen molar-refractivity contribution >= 4 is 35.5 Å². The first-order valence-electron chi connectivity index (χ1n) is 7.64. The fourth-order valence-electron chi connectivity index (χ4n) is 1.74. The SMILES string of the molecule is CCOC(=O)C/C=C(\OP(=O)(OCC)OCC)c1ccc(Br)cc1. The Labute approximate surface area is 150 Å². The van der Waals surface area contributed by atoms with E-state index in [0.717, 1.165) is 4.47 Å². The molecular formula is C16H22BrO6P. The number of halogens is 1. The van der Waals surface area contributed by atoms with Crippen LogP contribution < -0.4 is 0 Å². The van der Waals surface area contributed by atoms with E-state index in [-0.39, 0.29) is 32.0 Å². The molecule has 0 aromatic heterocycles. The van der Waals surface area contributed by atoms with Crippen molar-refractivity contribution in [3.63, 3.8) is 0 Å². The topological polar surface area (TPSA) is 71.1 Å². The Kier molecular flexibility index (Phi) is 9.29. The van der Waals surface area contributed by atoms with Crippen LogP contribution in [-0.2, 0) is 27.7 Å². The van der Waals surface area contributed by atoms with E-state index in [9.17, 15) is 9.36 Å². The predicted molar refractivity (Wildman–Crippen MR) is 95.3 cm³/mol. The van der Waals surface area contributed by atoms with Crippen LogP contribution in [0, 0.1) is 0 Å². The molecule has 0 aliphatic rings. The summed E-state index contributed by atoms with van der Waals surface area (Å²) in [5.74, 6) is -0.167. The minimum absolute atomic E-state index is 0.0164. The van der Waals surface area contributed by atoms with Gasteiger partial charge in [-0.05, 0) is 39.0 Å². The molecule has 0 bridgehead atoms. The van der Waals surface area contributed by atoms with Crippen LogP contribution in [0.25, 0.3) is 5.76 Å². The molecule has 0 saturated carbocycles. The second-order valence-electron chi connectivity index (χ2n) is 4.46. The third-order valence-corrected chi connectivity index (χ3v) is 4.77. The molecule has 1 aromatic carbocycles. The molecule has 0 aliphatic heterocycles. The largest absolute Gasteiger partial charge is 0.530 e. The number of esters is 1. The Balaban J connectivity index is 3.07. The van der Waals surface area contributed by atoms with Gasteiger partial charge in [-0.2, -0.15) is 0 Å². The van der Waals surface area contributed by atoms with Gasteiger partial charge in [0.2, 0.25) is 0 Å². The van der Waals surface area contributed by atoms with Crippen LogP contribution in [0.15, 0.2) is 34.8 Å². The minimum atomic E-state index is -3.76. The molecule has 24 heavy (non-hydrogen) atoms. The number of benzene rings is 1. The Bertz CT molecular complexity index is 589. The Hall–Kier alpha value is -1.14. The summed E-state index contributed by atoms with van der Waals surface area (Å²) < 4.78 is 34.2. The normalized spacial score (nSPS) is 12.1. The Morgan fingerprint density at radius 2 is 1.67 bits per heavy atom. The molecule has 1 rings (SSSR count). The van der Waals surface area contributed by atoms with Crippen molar-refractivity contribution in [3.05, 3.63) is 40.4 Å². The number of ether oxygens (including phenoxy) is 1. The van der Waals surface area contributed by atoms with Gasteiger partial charge < -0.3 is 9.26 Å². The first kappa shape index (κ1) is 20.9. The molecule has 0 aliphatic carbocycles. The maximum absolute atomic E-state index is 12.6. The van der Waals surface area contributed by atoms with E-state index >= 15 is 0 Å². The van der Waals surface area contributed by atoms with Gasteiger partial charge >= 0.3 is 13.8 Å². The molecule has 0 spiro atoms.